The lowest BCUT2D eigenvalue weighted by molar-refractivity contribution is -0.137. The van der Waals surface area contributed by atoms with Crippen molar-refractivity contribution in [3.63, 3.8) is 0 Å². The molecular weight excluding hydrogens is 326 g/mol. The van der Waals surface area contributed by atoms with Crippen LogP contribution in [0.5, 0.6) is 0 Å². The highest BCUT2D eigenvalue weighted by molar-refractivity contribution is 5.98. The predicted octanol–water partition coefficient (Wildman–Crippen LogP) is 3.68. The Hall–Kier alpha value is -2.56. The van der Waals surface area contributed by atoms with E-state index in [0.717, 1.165) is 34.1 Å². The first-order valence-electron chi connectivity index (χ1n) is 9.06. The fourth-order valence-corrected chi connectivity index (χ4v) is 2.94. The Morgan fingerprint density at radius 2 is 1.96 bits per heavy atom. The lowest BCUT2D eigenvalue weighted by atomic mass is 10.0. The summed E-state index contributed by atoms with van der Waals surface area (Å²) in [5.41, 5.74) is 5.33. The van der Waals surface area contributed by atoms with Crippen molar-refractivity contribution in [2.24, 2.45) is 4.99 Å². The maximum Gasteiger partial charge on any atom is 0.330 e. The molecule has 5 heteroatoms. The average molecular weight is 355 g/mol. The third kappa shape index (κ3) is 4.75. The Balaban J connectivity index is 2.46. The first-order chi connectivity index (χ1) is 12.3. The largest absolute Gasteiger partial charge is 0.463 e. The molecule has 2 rings (SSSR count). The molecule has 0 saturated carbocycles. The van der Waals surface area contributed by atoms with Crippen molar-refractivity contribution in [3.05, 3.63) is 58.6 Å². The van der Waals surface area contributed by atoms with Crippen molar-refractivity contribution in [2.75, 3.05) is 13.2 Å². The highest BCUT2D eigenvalue weighted by atomic mass is 16.5. The van der Waals surface area contributed by atoms with Crippen LogP contribution in [-0.2, 0) is 9.53 Å². The SMILES string of the molecule is CCOC(=O)/C=C/C1=C(C)CN=C(n2c(C)ccc2C)C=C1NC(C)C. The van der Waals surface area contributed by atoms with Crippen molar-refractivity contribution in [2.45, 2.75) is 47.6 Å². The molecule has 2 heterocycles. The van der Waals surface area contributed by atoms with Gasteiger partial charge < -0.3 is 14.6 Å². The van der Waals surface area contributed by atoms with Gasteiger partial charge in [-0.2, -0.15) is 0 Å². The summed E-state index contributed by atoms with van der Waals surface area (Å²) < 4.78 is 7.15. The van der Waals surface area contributed by atoms with Gasteiger partial charge in [0.2, 0.25) is 0 Å². The highest BCUT2D eigenvalue weighted by Crippen LogP contribution is 2.21. The minimum atomic E-state index is -0.334. The zero-order valence-corrected chi connectivity index (χ0v) is 16.6. The summed E-state index contributed by atoms with van der Waals surface area (Å²) in [5, 5.41) is 3.49. The molecule has 0 atom stereocenters. The number of esters is 1. The number of carbonyl (C=O) groups excluding carboxylic acids is 1. The lowest BCUT2D eigenvalue weighted by Gasteiger charge is -2.17. The summed E-state index contributed by atoms with van der Waals surface area (Å²) in [6.45, 7) is 13.1. The summed E-state index contributed by atoms with van der Waals surface area (Å²) >= 11 is 0. The van der Waals surface area contributed by atoms with Gasteiger partial charge in [0.25, 0.3) is 0 Å². The fourth-order valence-electron chi connectivity index (χ4n) is 2.94. The highest BCUT2D eigenvalue weighted by Gasteiger charge is 2.16. The van der Waals surface area contributed by atoms with E-state index in [1.54, 1.807) is 6.92 Å². The Morgan fingerprint density at radius 1 is 1.31 bits per heavy atom. The van der Waals surface area contributed by atoms with Crippen LogP contribution in [0.2, 0.25) is 0 Å². The molecule has 26 heavy (non-hydrogen) atoms. The number of nitrogens with zero attached hydrogens (tertiary/aromatic N) is 2. The maximum atomic E-state index is 11.7. The summed E-state index contributed by atoms with van der Waals surface area (Å²) in [6, 6.07) is 4.44. The van der Waals surface area contributed by atoms with Crippen LogP contribution in [0.15, 0.2) is 52.2 Å². The zero-order valence-electron chi connectivity index (χ0n) is 16.6. The molecule has 1 aliphatic heterocycles. The molecule has 0 spiro atoms. The number of allylic oxidation sites excluding steroid dienone is 2. The monoisotopic (exact) mass is 355 g/mol. The van der Waals surface area contributed by atoms with Gasteiger partial charge in [0, 0.05) is 35.3 Å². The van der Waals surface area contributed by atoms with Crippen molar-refractivity contribution in [1.82, 2.24) is 9.88 Å². The van der Waals surface area contributed by atoms with Gasteiger partial charge in [0.15, 0.2) is 0 Å². The van der Waals surface area contributed by atoms with E-state index < -0.39 is 0 Å². The number of nitrogens with one attached hydrogen (secondary N) is 1. The topological polar surface area (TPSA) is 55.6 Å². The molecule has 5 nitrogen and oxygen atoms in total. The quantitative estimate of drug-likeness (QED) is 0.647. The second-order valence-corrected chi connectivity index (χ2v) is 6.76. The molecule has 1 aromatic heterocycles. The van der Waals surface area contributed by atoms with Gasteiger partial charge in [-0.05, 0) is 70.9 Å². The third-order valence-corrected chi connectivity index (χ3v) is 4.12. The molecule has 0 amide bonds. The van der Waals surface area contributed by atoms with Gasteiger partial charge in [-0.3, -0.25) is 4.99 Å². The van der Waals surface area contributed by atoms with Gasteiger partial charge in [-0.15, -0.1) is 0 Å². The molecule has 0 aliphatic carbocycles. The van der Waals surface area contributed by atoms with Crippen LogP contribution >= 0.6 is 0 Å². The number of carbonyl (C=O) groups is 1. The molecule has 140 valence electrons. The molecule has 0 aromatic carbocycles. The van der Waals surface area contributed by atoms with Crippen LogP contribution in [0.1, 0.15) is 39.1 Å². The first-order valence-corrected chi connectivity index (χ1v) is 9.06. The number of hydrogen-bond donors (Lipinski definition) is 1. The maximum absolute atomic E-state index is 11.7. The summed E-state index contributed by atoms with van der Waals surface area (Å²) in [6.07, 6.45) is 5.36. The second-order valence-electron chi connectivity index (χ2n) is 6.76. The van der Waals surface area contributed by atoms with Crippen molar-refractivity contribution >= 4 is 11.8 Å². The fraction of sp³-hybridized carbons (Fsp3) is 0.429. The lowest BCUT2D eigenvalue weighted by Crippen LogP contribution is -2.25. The number of aromatic nitrogens is 1. The van der Waals surface area contributed by atoms with Crippen LogP contribution in [-0.4, -0.2) is 35.6 Å². The van der Waals surface area contributed by atoms with Gasteiger partial charge in [0.1, 0.15) is 5.84 Å². The molecule has 0 fully saturated rings. The minimum Gasteiger partial charge on any atom is -0.463 e. The molecular formula is C21H29N3O2. The van der Waals surface area contributed by atoms with Crippen LogP contribution in [0.3, 0.4) is 0 Å². The molecule has 0 radical (unpaired) electrons. The van der Waals surface area contributed by atoms with E-state index in [1.807, 2.05) is 13.0 Å². The minimum absolute atomic E-state index is 0.256. The zero-order chi connectivity index (χ0) is 19.3. The second kappa shape index (κ2) is 8.70. The molecule has 0 unspecified atom stereocenters. The number of aryl methyl sites for hydroxylation is 2. The van der Waals surface area contributed by atoms with Crippen molar-refractivity contribution < 1.29 is 9.53 Å². The molecule has 1 aliphatic rings. The van der Waals surface area contributed by atoms with Crippen molar-refractivity contribution in [3.8, 4) is 0 Å². The van der Waals surface area contributed by atoms with Gasteiger partial charge in [0.05, 0.1) is 13.2 Å². The van der Waals surface area contributed by atoms with Gasteiger partial charge >= 0.3 is 5.97 Å². The van der Waals surface area contributed by atoms with E-state index in [4.69, 9.17) is 9.73 Å². The Labute approximate surface area is 156 Å². The van der Waals surface area contributed by atoms with E-state index >= 15 is 0 Å². The van der Waals surface area contributed by atoms with Gasteiger partial charge in [-0.25, -0.2) is 4.79 Å². The van der Waals surface area contributed by atoms with E-state index in [0.29, 0.717) is 13.2 Å². The summed E-state index contributed by atoms with van der Waals surface area (Å²) in [5.74, 6) is 0.561. The normalized spacial score (nSPS) is 15.2. The van der Waals surface area contributed by atoms with E-state index in [2.05, 4.69) is 55.8 Å². The first kappa shape index (κ1) is 19.8. The molecule has 1 aromatic rings. The summed E-state index contributed by atoms with van der Waals surface area (Å²) in [7, 11) is 0. The Bertz CT molecular complexity index is 773. The average Bonchev–Trinajstić information content (AvgIpc) is 2.81. The van der Waals surface area contributed by atoms with Crippen LogP contribution < -0.4 is 5.32 Å². The molecule has 1 N–H and O–H groups in total. The number of hydrogen-bond acceptors (Lipinski definition) is 4. The predicted molar refractivity (Wildman–Crippen MR) is 106 cm³/mol. The summed E-state index contributed by atoms with van der Waals surface area (Å²) in [4.78, 5) is 16.5. The van der Waals surface area contributed by atoms with Crippen molar-refractivity contribution in [1.29, 1.82) is 0 Å². The van der Waals surface area contributed by atoms with E-state index in [9.17, 15) is 4.79 Å². The smallest absolute Gasteiger partial charge is 0.330 e. The molecule has 0 saturated heterocycles. The number of aliphatic imine (C=N–C) groups is 1. The van der Waals surface area contributed by atoms with Crippen LogP contribution in [0.4, 0.5) is 0 Å². The number of rotatable bonds is 5. The van der Waals surface area contributed by atoms with Crippen LogP contribution in [0, 0.1) is 13.8 Å². The Morgan fingerprint density at radius 3 is 2.54 bits per heavy atom. The van der Waals surface area contributed by atoms with Gasteiger partial charge in [-0.1, -0.05) is 0 Å². The van der Waals surface area contributed by atoms with Crippen LogP contribution in [0.25, 0.3) is 0 Å². The molecule has 0 bridgehead atoms. The third-order valence-electron chi connectivity index (χ3n) is 4.12. The van der Waals surface area contributed by atoms with E-state index in [1.165, 1.54) is 6.08 Å². The number of ether oxygens (including phenoxy) is 1. The van der Waals surface area contributed by atoms with E-state index in [-0.39, 0.29) is 12.0 Å². The Kier molecular flexibility index (Phi) is 6.61. The standard InChI is InChI=1S/C21H29N3O2/c1-7-26-21(25)11-10-18-15(4)13-22-20(12-19(18)23-14(2)3)24-16(5)8-9-17(24)6/h8-12,14,23H,7,13H2,1-6H3/b11-10+.